The van der Waals surface area contributed by atoms with Crippen molar-refractivity contribution in [2.75, 3.05) is 0 Å². The van der Waals surface area contributed by atoms with Crippen LogP contribution in [0, 0.1) is 16.7 Å². The third-order valence-electron chi connectivity index (χ3n) is 3.78. The van der Waals surface area contributed by atoms with Gasteiger partial charge in [0.05, 0.1) is 17.0 Å². The number of aromatic nitrogens is 1. The summed E-state index contributed by atoms with van der Waals surface area (Å²) >= 11 is 0. The highest BCUT2D eigenvalue weighted by atomic mass is 16.4. The van der Waals surface area contributed by atoms with E-state index in [1.807, 2.05) is 12.1 Å². The van der Waals surface area contributed by atoms with Gasteiger partial charge in [-0.25, -0.2) is 4.79 Å². The molecule has 1 aliphatic carbocycles. The average Bonchev–Trinajstić information content (AvgIpc) is 3.13. The maximum atomic E-state index is 11.4. The molecule has 1 aromatic heterocycles. The number of aryl methyl sites for hydroxylation is 1. The Balaban J connectivity index is 2.11. The molecule has 0 amide bonds. The molecule has 1 unspecified atom stereocenters. The first-order chi connectivity index (χ1) is 8.57. The van der Waals surface area contributed by atoms with Crippen molar-refractivity contribution in [3.05, 3.63) is 34.3 Å². The number of nitriles is 1. The molecule has 1 fully saturated rings. The second kappa shape index (κ2) is 3.47. The Morgan fingerprint density at radius 3 is 2.89 bits per heavy atom. The fourth-order valence-electron chi connectivity index (χ4n) is 2.28. The minimum absolute atomic E-state index is 0.308. The van der Waals surface area contributed by atoms with Crippen LogP contribution in [0.5, 0.6) is 0 Å². The molecule has 0 bridgehead atoms. The highest BCUT2D eigenvalue weighted by molar-refractivity contribution is 5.74. The Bertz CT molecular complexity index is 716. The molecule has 2 aromatic rings. The van der Waals surface area contributed by atoms with Crippen LogP contribution in [-0.2, 0) is 7.05 Å². The van der Waals surface area contributed by atoms with E-state index >= 15 is 0 Å². The lowest BCUT2D eigenvalue weighted by molar-refractivity contribution is 0.519. The minimum atomic E-state index is -0.420. The summed E-state index contributed by atoms with van der Waals surface area (Å²) < 4.78 is 6.50. The smallest absolute Gasteiger partial charge is 0.408 e. The van der Waals surface area contributed by atoms with Crippen LogP contribution >= 0.6 is 0 Å². The lowest BCUT2D eigenvalue weighted by Gasteiger charge is -2.16. The lowest BCUT2D eigenvalue weighted by atomic mass is 9.92. The summed E-state index contributed by atoms with van der Waals surface area (Å²) in [5, 5.41) is 9.16. The molecule has 18 heavy (non-hydrogen) atoms. The standard InChI is InChI=1S/C13H13N3O2/c1-16-9-6-8(2-3-10(9)18-12(16)17)11(15)13(7-14)4-5-13/h2-3,6,11H,4-5,15H2,1H3. The van der Waals surface area contributed by atoms with E-state index < -0.39 is 11.2 Å². The summed E-state index contributed by atoms with van der Waals surface area (Å²) in [6.07, 6.45) is 1.68. The molecule has 1 aliphatic rings. The first-order valence-electron chi connectivity index (χ1n) is 5.84. The van der Waals surface area contributed by atoms with Crippen molar-refractivity contribution < 1.29 is 4.42 Å². The van der Waals surface area contributed by atoms with Crippen molar-refractivity contribution in [1.82, 2.24) is 4.57 Å². The zero-order valence-corrected chi connectivity index (χ0v) is 10.0. The predicted octanol–water partition coefficient (Wildman–Crippen LogP) is 1.44. The molecule has 1 heterocycles. The Morgan fingerprint density at radius 1 is 1.56 bits per heavy atom. The highest BCUT2D eigenvalue weighted by Gasteiger charge is 2.49. The van der Waals surface area contributed by atoms with E-state index in [2.05, 4.69) is 6.07 Å². The molecule has 0 radical (unpaired) electrons. The molecule has 92 valence electrons. The van der Waals surface area contributed by atoms with Crippen molar-refractivity contribution in [3.8, 4) is 6.07 Å². The maximum Gasteiger partial charge on any atom is 0.419 e. The van der Waals surface area contributed by atoms with Gasteiger partial charge in [0.2, 0.25) is 0 Å². The first kappa shape index (κ1) is 11.1. The molecule has 5 nitrogen and oxygen atoms in total. The maximum absolute atomic E-state index is 11.4. The molecule has 2 N–H and O–H groups in total. The first-order valence-corrected chi connectivity index (χ1v) is 5.84. The van der Waals surface area contributed by atoms with E-state index in [9.17, 15) is 4.79 Å². The SMILES string of the molecule is Cn1c(=O)oc2ccc(C(N)C3(C#N)CC3)cc21. The van der Waals surface area contributed by atoms with E-state index in [0.717, 1.165) is 18.4 Å². The molecule has 5 heteroatoms. The summed E-state index contributed by atoms with van der Waals surface area (Å²) in [6.45, 7) is 0. The topological polar surface area (TPSA) is 84.9 Å². The van der Waals surface area contributed by atoms with E-state index in [1.165, 1.54) is 4.57 Å². The van der Waals surface area contributed by atoms with Crippen LogP contribution in [0.4, 0.5) is 0 Å². The van der Waals surface area contributed by atoms with Gasteiger partial charge in [-0.1, -0.05) is 6.07 Å². The summed E-state index contributed by atoms with van der Waals surface area (Å²) in [5.41, 5.74) is 7.86. The Hall–Kier alpha value is -2.06. The van der Waals surface area contributed by atoms with Crippen LogP contribution < -0.4 is 11.5 Å². The van der Waals surface area contributed by atoms with Gasteiger partial charge in [-0.05, 0) is 30.5 Å². The molecule has 0 spiro atoms. The fraction of sp³-hybridized carbons (Fsp3) is 0.385. The summed E-state index contributed by atoms with van der Waals surface area (Å²) in [4.78, 5) is 11.4. The van der Waals surface area contributed by atoms with E-state index in [1.54, 1.807) is 13.1 Å². The van der Waals surface area contributed by atoms with Gasteiger partial charge >= 0.3 is 5.76 Å². The van der Waals surface area contributed by atoms with E-state index in [-0.39, 0.29) is 6.04 Å². The summed E-state index contributed by atoms with van der Waals surface area (Å²) in [5.74, 6) is -0.392. The monoisotopic (exact) mass is 243 g/mol. The Labute approximate surface area is 103 Å². The van der Waals surface area contributed by atoms with Crippen LogP contribution in [-0.4, -0.2) is 4.57 Å². The van der Waals surface area contributed by atoms with Gasteiger partial charge in [0.25, 0.3) is 0 Å². The average molecular weight is 243 g/mol. The number of rotatable bonds is 2. The lowest BCUT2D eigenvalue weighted by Crippen LogP contribution is -2.21. The summed E-state index contributed by atoms with van der Waals surface area (Å²) in [6, 6.07) is 7.39. The summed E-state index contributed by atoms with van der Waals surface area (Å²) in [7, 11) is 1.65. The van der Waals surface area contributed by atoms with Crippen molar-refractivity contribution in [2.24, 2.45) is 18.2 Å². The zero-order chi connectivity index (χ0) is 12.9. The molecule has 1 atom stereocenters. The van der Waals surface area contributed by atoms with Crippen LogP contribution in [0.25, 0.3) is 11.1 Å². The van der Waals surface area contributed by atoms with Crippen molar-refractivity contribution >= 4 is 11.1 Å². The number of hydrogen-bond acceptors (Lipinski definition) is 4. The fourth-order valence-corrected chi connectivity index (χ4v) is 2.28. The number of nitrogens with two attached hydrogens (primary N) is 1. The van der Waals surface area contributed by atoms with E-state index in [4.69, 9.17) is 15.4 Å². The van der Waals surface area contributed by atoms with E-state index in [0.29, 0.717) is 11.1 Å². The largest absolute Gasteiger partial charge is 0.419 e. The van der Waals surface area contributed by atoms with Crippen molar-refractivity contribution in [3.63, 3.8) is 0 Å². The molecule has 0 saturated heterocycles. The van der Waals surface area contributed by atoms with Gasteiger partial charge in [-0.2, -0.15) is 5.26 Å². The van der Waals surface area contributed by atoms with Crippen molar-refractivity contribution in [1.29, 1.82) is 5.26 Å². The normalized spacial score (nSPS) is 18.5. The molecular weight excluding hydrogens is 230 g/mol. The van der Waals surface area contributed by atoms with Crippen LogP contribution in [0.2, 0.25) is 0 Å². The molecule has 1 aromatic carbocycles. The quantitative estimate of drug-likeness (QED) is 0.864. The number of oxazole rings is 1. The number of fused-ring (bicyclic) bond motifs is 1. The van der Waals surface area contributed by atoms with Crippen LogP contribution in [0.3, 0.4) is 0 Å². The molecule has 0 aliphatic heterocycles. The molecule has 3 rings (SSSR count). The van der Waals surface area contributed by atoms with Gasteiger partial charge in [-0.15, -0.1) is 0 Å². The van der Waals surface area contributed by atoms with Gasteiger partial charge in [0.15, 0.2) is 5.58 Å². The second-order valence-corrected chi connectivity index (χ2v) is 4.90. The Kier molecular flexibility index (Phi) is 2.13. The van der Waals surface area contributed by atoms with Gasteiger partial charge in [-0.3, -0.25) is 4.57 Å². The molecular formula is C13H13N3O2. The van der Waals surface area contributed by atoms with Gasteiger partial charge in [0, 0.05) is 13.1 Å². The van der Waals surface area contributed by atoms with Gasteiger partial charge < -0.3 is 10.2 Å². The number of nitrogens with zero attached hydrogens (tertiary/aromatic N) is 2. The van der Waals surface area contributed by atoms with Gasteiger partial charge in [0.1, 0.15) is 0 Å². The third-order valence-corrected chi connectivity index (χ3v) is 3.78. The van der Waals surface area contributed by atoms with Crippen LogP contribution in [0.1, 0.15) is 24.4 Å². The Morgan fingerprint density at radius 2 is 2.28 bits per heavy atom. The molecule has 1 saturated carbocycles. The minimum Gasteiger partial charge on any atom is -0.408 e. The van der Waals surface area contributed by atoms with Crippen LogP contribution in [0.15, 0.2) is 27.4 Å². The highest BCUT2D eigenvalue weighted by Crippen LogP contribution is 2.53. The predicted molar refractivity (Wildman–Crippen MR) is 65.7 cm³/mol. The number of benzene rings is 1. The third kappa shape index (κ3) is 1.39. The number of hydrogen-bond donors (Lipinski definition) is 1. The van der Waals surface area contributed by atoms with Crippen molar-refractivity contribution in [2.45, 2.75) is 18.9 Å². The zero-order valence-electron chi connectivity index (χ0n) is 10.0. The second-order valence-electron chi connectivity index (χ2n) is 4.90.